The number of carbonyl (C=O) groups is 1. The van der Waals surface area contributed by atoms with Crippen LogP contribution in [0.2, 0.25) is 5.15 Å². The number of hydrogen-bond acceptors (Lipinski definition) is 3. The number of hydrogen-bond donors (Lipinski definition) is 2. The van der Waals surface area contributed by atoms with E-state index >= 15 is 0 Å². The Morgan fingerprint density at radius 1 is 1.39 bits per heavy atom. The molecule has 0 unspecified atom stereocenters. The summed E-state index contributed by atoms with van der Waals surface area (Å²) < 4.78 is 0. The molecule has 0 radical (unpaired) electrons. The van der Waals surface area contributed by atoms with E-state index in [1.165, 1.54) is 12.3 Å². The highest BCUT2D eigenvalue weighted by atomic mass is 35.5. The lowest BCUT2D eigenvalue weighted by atomic mass is 9.89. The van der Waals surface area contributed by atoms with Crippen molar-refractivity contribution in [1.29, 1.82) is 0 Å². The van der Waals surface area contributed by atoms with E-state index in [2.05, 4.69) is 31.1 Å². The first kappa shape index (κ1) is 14.8. The molecule has 0 saturated heterocycles. The molecule has 1 aromatic rings. The normalized spacial score (nSPS) is 11.3. The summed E-state index contributed by atoms with van der Waals surface area (Å²) in [5.41, 5.74) is 6.30. The highest BCUT2D eigenvalue weighted by Gasteiger charge is 2.27. The molecule has 0 saturated carbocycles. The Bertz CT molecular complexity index is 422. The number of carbonyl (C=O) groups excluding carboxylic acids is 1. The third kappa shape index (κ3) is 3.13. The Kier molecular flexibility index (Phi) is 4.96. The minimum atomic E-state index is -0.192. The molecule has 0 spiro atoms. The highest BCUT2D eigenvalue weighted by molar-refractivity contribution is 6.29. The second kappa shape index (κ2) is 6.05. The summed E-state index contributed by atoms with van der Waals surface area (Å²) in [5, 5.41) is 3.33. The Morgan fingerprint density at radius 3 is 2.44 bits per heavy atom. The zero-order valence-electron chi connectivity index (χ0n) is 11.1. The molecule has 4 nitrogen and oxygen atoms in total. The monoisotopic (exact) mass is 269 g/mol. The van der Waals surface area contributed by atoms with Gasteiger partial charge in [0.2, 0.25) is 0 Å². The van der Waals surface area contributed by atoms with Crippen molar-refractivity contribution in [1.82, 2.24) is 10.3 Å². The molecule has 100 valence electrons. The minimum absolute atomic E-state index is 0.181. The summed E-state index contributed by atoms with van der Waals surface area (Å²) in [6, 6.07) is 1.50. The van der Waals surface area contributed by atoms with E-state index in [1.807, 2.05) is 0 Å². The summed E-state index contributed by atoms with van der Waals surface area (Å²) in [6.07, 6.45) is 4.04. The maximum Gasteiger partial charge on any atom is 0.253 e. The van der Waals surface area contributed by atoms with E-state index in [0.29, 0.717) is 11.3 Å². The van der Waals surface area contributed by atoms with Gasteiger partial charge in [-0.1, -0.05) is 32.4 Å². The van der Waals surface area contributed by atoms with E-state index in [4.69, 9.17) is 17.3 Å². The second-order valence-corrected chi connectivity index (χ2v) is 4.78. The highest BCUT2D eigenvalue weighted by Crippen LogP contribution is 2.22. The molecule has 0 aliphatic carbocycles. The molecule has 18 heavy (non-hydrogen) atoms. The number of nitrogens with one attached hydrogen (secondary N) is 1. The molecule has 0 aliphatic heterocycles. The first-order chi connectivity index (χ1) is 8.48. The van der Waals surface area contributed by atoms with Gasteiger partial charge in [-0.3, -0.25) is 4.79 Å². The average Bonchev–Trinajstić information content (AvgIpc) is 2.38. The fourth-order valence-corrected chi connectivity index (χ4v) is 2.12. The van der Waals surface area contributed by atoms with Crippen LogP contribution in [0.5, 0.6) is 0 Å². The van der Waals surface area contributed by atoms with Gasteiger partial charge in [0.15, 0.2) is 0 Å². The molecule has 0 aliphatic rings. The van der Waals surface area contributed by atoms with E-state index in [-0.39, 0.29) is 16.6 Å². The molecule has 5 heteroatoms. The van der Waals surface area contributed by atoms with Crippen LogP contribution < -0.4 is 11.1 Å². The van der Waals surface area contributed by atoms with Gasteiger partial charge in [0, 0.05) is 5.54 Å². The van der Waals surface area contributed by atoms with Gasteiger partial charge in [-0.05, 0) is 25.3 Å². The second-order valence-electron chi connectivity index (χ2n) is 4.39. The lowest BCUT2D eigenvalue weighted by Crippen LogP contribution is -2.47. The SMILES string of the molecule is CCC(CC)(CC)NC(=O)c1cc(Cl)ncc1N. The fraction of sp³-hybridized carbons (Fsp3) is 0.538. The lowest BCUT2D eigenvalue weighted by molar-refractivity contribution is 0.0889. The van der Waals surface area contributed by atoms with Crippen LogP contribution in [-0.2, 0) is 0 Å². The molecule has 0 atom stereocenters. The van der Waals surface area contributed by atoms with Gasteiger partial charge in [-0.15, -0.1) is 0 Å². The van der Waals surface area contributed by atoms with Gasteiger partial charge in [-0.2, -0.15) is 0 Å². The fourth-order valence-electron chi connectivity index (χ4n) is 1.96. The van der Waals surface area contributed by atoms with Gasteiger partial charge in [0.05, 0.1) is 17.4 Å². The van der Waals surface area contributed by atoms with E-state index in [0.717, 1.165) is 19.3 Å². The standard InChI is InChI=1S/C13H20ClN3O/c1-4-13(5-2,6-3)17-12(18)9-7-11(14)16-8-10(9)15/h7-8H,4-6,15H2,1-3H3,(H,17,18). The molecule has 1 amide bonds. The molecular weight excluding hydrogens is 250 g/mol. The first-order valence-electron chi connectivity index (χ1n) is 6.21. The zero-order valence-corrected chi connectivity index (χ0v) is 11.8. The smallest absolute Gasteiger partial charge is 0.253 e. The third-order valence-electron chi connectivity index (χ3n) is 3.56. The van der Waals surface area contributed by atoms with Gasteiger partial charge in [0.25, 0.3) is 5.91 Å². The number of nitrogens with two attached hydrogens (primary N) is 1. The number of pyridine rings is 1. The number of nitrogen functional groups attached to an aromatic ring is 1. The predicted octanol–water partition coefficient (Wildman–Crippen LogP) is 3.02. The Balaban J connectivity index is 2.97. The summed E-state index contributed by atoms with van der Waals surface area (Å²) in [4.78, 5) is 16.1. The summed E-state index contributed by atoms with van der Waals surface area (Å²) in [5.74, 6) is -0.192. The Hall–Kier alpha value is -1.29. The van der Waals surface area contributed by atoms with Crippen molar-refractivity contribution >= 4 is 23.2 Å². The molecular formula is C13H20ClN3O. The van der Waals surface area contributed by atoms with Crippen LogP contribution >= 0.6 is 11.6 Å². The van der Waals surface area contributed by atoms with Crippen LogP contribution in [0.25, 0.3) is 0 Å². The first-order valence-corrected chi connectivity index (χ1v) is 6.59. The van der Waals surface area contributed by atoms with Crippen molar-refractivity contribution in [3.63, 3.8) is 0 Å². The van der Waals surface area contributed by atoms with Crippen molar-refractivity contribution in [2.75, 3.05) is 5.73 Å². The van der Waals surface area contributed by atoms with Crippen LogP contribution in [0.4, 0.5) is 5.69 Å². The minimum Gasteiger partial charge on any atom is -0.397 e. The van der Waals surface area contributed by atoms with Crippen LogP contribution in [0.3, 0.4) is 0 Å². The van der Waals surface area contributed by atoms with Crippen molar-refractivity contribution < 1.29 is 4.79 Å². The molecule has 1 heterocycles. The predicted molar refractivity (Wildman–Crippen MR) is 74.7 cm³/mol. The van der Waals surface area contributed by atoms with Crippen molar-refractivity contribution in [2.45, 2.75) is 45.6 Å². The molecule has 0 fully saturated rings. The maximum atomic E-state index is 12.2. The van der Waals surface area contributed by atoms with Crippen LogP contribution in [0, 0.1) is 0 Å². The number of rotatable bonds is 5. The van der Waals surface area contributed by atoms with E-state index in [1.54, 1.807) is 0 Å². The van der Waals surface area contributed by atoms with Gasteiger partial charge >= 0.3 is 0 Å². The van der Waals surface area contributed by atoms with Crippen LogP contribution in [-0.4, -0.2) is 16.4 Å². The third-order valence-corrected chi connectivity index (χ3v) is 3.76. The number of amides is 1. The van der Waals surface area contributed by atoms with Gasteiger partial charge in [0.1, 0.15) is 5.15 Å². The number of halogens is 1. The van der Waals surface area contributed by atoms with E-state index in [9.17, 15) is 4.79 Å². The Morgan fingerprint density at radius 2 is 1.94 bits per heavy atom. The molecule has 0 aromatic carbocycles. The van der Waals surface area contributed by atoms with Crippen molar-refractivity contribution in [3.8, 4) is 0 Å². The van der Waals surface area contributed by atoms with Crippen LogP contribution in [0.1, 0.15) is 50.4 Å². The quantitative estimate of drug-likeness (QED) is 0.808. The topological polar surface area (TPSA) is 68.0 Å². The molecule has 0 bridgehead atoms. The summed E-state index contributed by atoms with van der Waals surface area (Å²) >= 11 is 5.79. The molecule has 1 rings (SSSR count). The zero-order chi connectivity index (χ0) is 13.8. The largest absolute Gasteiger partial charge is 0.397 e. The number of aromatic nitrogens is 1. The summed E-state index contributed by atoms with van der Waals surface area (Å²) in [7, 11) is 0. The van der Waals surface area contributed by atoms with E-state index < -0.39 is 0 Å². The van der Waals surface area contributed by atoms with Crippen LogP contribution in [0.15, 0.2) is 12.3 Å². The van der Waals surface area contributed by atoms with Gasteiger partial charge in [-0.25, -0.2) is 4.98 Å². The van der Waals surface area contributed by atoms with Gasteiger partial charge < -0.3 is 11.1 Å². The lowest BCUT2D eigenvalue weighted by Gasteiger charge is -2.32. The summed E-state index contributed by atoms with van der Waals surface area (Å²) in [6.45, 7) is 6.20. The van der Waals surface area contributed by atoms with Crippen molar-refractivity contribution in [3.05, 3.63) is 23.0 Å². The van der Waals surface area contributed by atoms with Crippen molar-refractivity contribution in [2.24, 2.45) is 0 Å². The molecule has 3 N–H and O–H groups in total. The average molecular weight is 270 g/mol. The maximum absolute atomic E-state index is 12.2. The number of nitrogens with zero attached hydrogens (tertiary/aromatic N) is 1. The Labute approximate surface area is 113 Å². The number of anilines is 1. The molecule has 1 aromatic heterocycles.